The van der Waals surface area contributed by atoms with Gasteiger partial charge < -0.3 is 14.8 Å². The molecule has 0 amide bonds. The van der Waals surface area contributed by atoms with Gasteiger partial charge in [-0.05, 0) is 53.6 Å². The van der Waals surface area contributed by atoms with Gasteiger partial charge in [0.15, 0.2) is 0 Å². The summed E-state index contributed by atoms with van der Waals surface area (Å²) in [5.41, 5.74) is 2.89. The van der Waals surface area contributed by atoms with Crippen molar-refractivity contribution in [1.82, 2.24) is 5.32 Å². The molecule has 0 aliphatic carbocycles. The van der Waals surface area contributed by atoms with Crippen molar-refractivity contribution >= 4 is 10.8 Å². The number of ether oxygens (including phenoxy) is 2. The molecule has 0 aliphatic rings. The molecule has 0 atom stereocenters. The Balaban J connectivity index is 1.46. The van der Waals surface area contributed by atoms with Crippen molar-refractivity contribution in [2.75, 3.05) is 13.7 Å². The van der Waals surface area contributed by atoms with E-state index in [1.54, 1.807) is 19.2 Å². The normalized spacial score (nSPS) is 10.9. The van der Waals surface area contributed by atoms with Crippen LogP contribution in [0, 0.1) is 5.82 Å². The lowest BCUT2D eigenvalue weighted by atomic mass is 10.0. The summed E-state index contributed by atoms with van der Waals surface area (Å²) in [6, 6.07) is 27.1. The van der Waals surface area contributed by atoms with Gasteiger partial charge in [-0.25, -0.2) is 4.39 Å². The predicted molar refractivity (Wildman–Crippen MR) is 123 cm³/mol. The van der Waals surface area contributed by atoms with Gasteiger partial charge in [-0.15, -0.1) is 0 Å². The van der Waals surface area contributed by atoms with Crippen molar-refractivity contribution in [3.8, 4) is 11.5 Å². The van der Waals surface area contributed by atoms with Crippen molar-refractivity contribution in [3.05, 3.63) is 107 Å². The molecule has 0 bridgehead atoms. The Kier molecular flexibility index (Phi) is 6.80. The maximum Gasteiger partial charge on any atom is 0.129 e. The van der Waals surface area contributed by atoms with Crippen LogP contribution in [-0.2, 0) is 19.6 Å². The second-order valence-corrected chi connectivity index (χ2v) is 7.42. The second kappa shape index (κ2) is 10.1. The summed E-state index contributed by atoms with van der Waals surface area (Å²) in [5, 5.41) is 5.84. The molecule has 0 spiro atoms. The van der Waals surface area contributed by atoms with E-state index in [4.69, 9.17) is 9.47 Å². The molecule has 0 radical (unpaired) electrons. The van der Waals surface area contributed by atoms with Crippen LogP contribution in [0.15, 0.2) is 84.9 Å². The van der Waals surface area contributed by atoms with Gasteiger partial charge in [0, 0.05) is 17.7 Å². The van der Waals surface area contributed by atoms with Gasteiger partial charge in [0.2, 0.25) is 0 Å². The fourth-order valence-corrected chi connectivity index (χ4v) is 3.64. The highest BCUT2D eigenvalue weighted by Crippen LogP contribution is 2.29. The molecular weight excluding hydrogens is 389 g/mol. The molecule has 3 nitrogen and oxygen atoms in total. The van der Waals surface area contributed by atoms with Gasteiger partial charge in [0.25, 0.3) is 0 Å². The fraction of sp³-hybridized carbons (Fsp3) is 0.185. The van der Waals surface area contributed by atoms with Crippen molar-refractivity contribution in [3.63, 3.8) is 0 Å². The van der Waals surface area contributed by atoms with E-state index in [2.05, 4.69) is 29.6 Å². The summed E-state index contributed by atoms with van der Waals surface area (Å²) in [7, 11) is 1.67. The topological polar surface area (TPSA) is 30.5 Å². The monoisotopic (exact) mass is 415 g/mol. The van der Waals surface area contributed by atoms with E-state index in [9.17, 15) is 4.39 Å². The molecule has 0 unspecified atom stereocenters. The molecular formula is C27H26FNO2. The smallest absolute Gasteiger partial charge is 0.129 e. The van der Waals surface area contributed by atoms with E-state index in [1.807, 2.05) is 42.5 Å². The van der Waals surface area contributed by atoms with Crippen molar-refractivity contribution in [2.24, 2.45) is 0 Å². The zero-order chi connectivity index (χ0) is 21.5. The summed E-state index contributed by atoms with van der Waals surface area (Å²) in [6.07, 6.45) is 0.917. The number of nitrogens with one attached hydrogen (secondary N) is 1. The molecule has 0 fully saturated rings. The SMILES string of the molecule is COc1ccc(CCNCc2c(OCc3ccccc3F)ccc3ccccc23)cc1. The van der Waals surface area contributed by atoms with Crippen LogP contribution in [0.3, 0.4) is 0 Å². The molecule has 158 valence electrons. The van der Waals surface area contributed by atoms with Crippen LogP contribution < -0.4 is 14.8 Å². The molecule has 4 heteroatoms. The number of benzene rings is 4. The predicted octanol–water partition coefficient (Wildman–Crippen LogP) is 5.90. The number of hydrogen-bond donors (Lipinski definition) is 1. The van der Waals surface area contributed by atoms with Crippen LogP contribution in [0.2, 0.25) is 0 Å². The molecule has 4 aromatic rings. The van der Waals surface area contributed by atoms with E-state index in [0.29, 0.717) is 12.1 Å². The van der Waals surface area contributed by atoms with Crippen LogP contribution in [0.4, 0.5) is 4.39 Å². The van der Waals surface area contributed by atoms with E-state index in [-0.39, 0.29) is 12.4 Å². The molecule has 0 aromatic heterocycles. The Morgan fingerprint density at radius 3 is 2.42 bits per heavy atom. The first kappa shape index (κ1) is 20.9. The Bertz CT molecular complexity index is 1140. The fourth-order valence-electron chi connectivity index (χ4n) is 3.64. The molecule has 0 aliphatic heterocycles. The number of rotatable bonds is 9. The van der Waals surface area contributed by atoms with Crippen LogP contribution >= 0.6 is 0 Å². The van der Waals surface area contributed by atoms with Crippen molar-refractivity contribution < 1.29 is 13.9 Å². The average molecular weight is 416 g/mol. The largest absolute Gasteiger partial charge is 0.497 e. The molecule has 1 N–H and O–H groups in total. The summed E-state index contributed by atoms with van der Waals surface area (Å²) in [4.78, 5) is 0. The first-order valence-electron chi connectivity index (χ1n) is 10.4. The molecule has 0 heterocycles. The quantitative estimate of drug-likeness (QED) is 0.345. The van der Waals surface area contributed by atoms with Gasteiger partial charge in [-0.2, -0.15) is 0 Å². The standard InChI is InChI=1S/C27H26FNO2/c1-30-23-13-10-20(11-14-23)16-17-29-18-25-24-8-4-2-6-21(24)12-15-27(25)31-19-22-7-3-5-9-26(22)28/h2-15,29H,16-19H2,1H3. The summed E-state index contributed by atoms with van der Waals surface area (Å²) in [5.74, 6) is 1.39. The highest BCUT2D eigenvalue weighted by molar-refractivity contribution is 5.87. The van der Waals surface area contributed by atoms with E-state index >= 15 is 0 Å². The number of hydrogen-bond acceptors (Lipinski definition) is 3. The van der Waals surface area contributed by atoms with Crippen molar-refractivity contribution in [2.45, 2.75) is 19.6 Å². The zero-order valence-electron chi connectivity index (χ0n) is 17.6. The van der Waals surface area contributed by atoms with Gasteiger partial charge in [-0.3, -0.25) is 0 Å². The molecule has 0 saturated carbocycles. The van der Waals surface area contributed by atoms with Gasteiger partial charge >= 0.3 is 0 Å². The first-order valence-corrected chi connectivity index (χ1v) is 10.4. The average Bonchev–Trinajstić information content (AvgIpc) is 2.82. The number of methoxy groups -OCH3 is 1. The van der Waals surface area contributed by atoms with E-state index in [1.165, 1.54) is 11.6 Å². The van der Waals surface area contributed by atoms with Crippen LogP contribution in [-0.4, -0.2) is 13.7 Å². The Labute approximate surface area is 182 Å². The Morgan fingerprint density at radius 2 is 1.61 bits per heavy atom. The zero-order valence-corrected chi connectivity index (χ0v) is 17.6. The van der Waals surface area contributed by atoms with Gasteiger partial charge in [0.05, 0.1) is 7.11 Å². The molecule has 0 saturated heterocycles. The summed E-state index contributed by atoms with van der Waals surface area (Å²) >= 11 is 0. The highest BCUT2D eigenvalue weighted by Gasteiger charge is 2.10. The van der Waals surface area contributed by atoms with Crippen molar-refractivity contribution in [1.29, 1.82) is 0 Å². The van der Waals surface area contributed by atoms with Crippen LogP contribution in [0.5, 0.6) is 11.5 Å². The lowest BCUT2D eigenvalue weighted by Crippen LogP contribution is -2.17. The Hall–Kier alpha value is -3.37. The van der Waals surface area contributed by atoms with E-state index in [0.717, 1.165) is 40.8 Å². The number of halogens is 1. The van der Waals surface area contributed by atoms with Gasteiger partial charge in [-0.1, -0.05) is 60.7 Å². The third kappa shape index (κ3) is 5.22. The minimum Gasteiger partial charge on any atom is -0.497 e. The second-order valence-electron chi connectivity index (χ2n) is 7.42. The molecule has 31 heavy (non-hydrogen) atoms. The van der Waals surface area contributed by atoms with Crippen LogP contribution in [0.1, 0.15) is 16.7 Å². The minimum atomic E-state index is -0.248. The molecule has 4 rings (SSSR count). The maximum atomic E-state index is 14.0. The summed E-state index contributed by atoms with van der Waals surface area (Å²) in [6.45, 7) is 1.70. The lowest BCUT2D eigenvalue weighted by Gasteiger charge is -2.15. The highest BCUT2D eigenvalue weighted by atomic mass is 19.1. The van der Waals surface area contributed by atoms with E-state index < -0.39 is 0 Å². The first-order chi connectivity index (χ1) is 15.2. The Morgan fingerprint density at radius 1 is 0.839 bits per heavy atom. The van der Waals surface area contributed by atoms with Gasteiger partial charge in [0.1, 0.15) is 23.9 Å². The lowest BCUT2D eigenvalue weighted by molar-refractivity contribution is 0.296. The van der Waals surface area contributed by atoms with Crippen LogP contribution in [0.25, 0.3) is 10.8 Å². The summed E-state index contributed by atoms with van der Waals surface area (Å²) < 4.78 is 25.3. The maximum absolute atomic E-state index is 14.0. The number of fused-ring (bicyclic) bond motifs is 1. The molecule has 4 aromatic carbocycles. The third-order valence-corrected chi connectivity index (χ3v) is 5.39. The third-order valence-electron chi connectivity index (χ3n) is 5.39. The minimum absolute atomic E-state index is 0.198.